The zero-order valence-corrected chi connectivity index (χ0v) is 17.4. The Hall–Kier alpha value is -2.54. The van der Waals surface area contributed by atoms with Crippen molar-refractivity contribution in [3.63, 3.8) is 0 Å². The summed E-state index contributed by atoms with van der Waals surface area (Å²) in [5.74, 6) is -1.15. The molecule has 1 aromatic carbocycles. The molecule has 0 bridgehead atoms. The molecule has 3 rings (SSSR count). The molecule has 0 spiro atoms. The number of hydrogen-bond acceptors (Lipinski definition) is 6. The monoisotopic (exact) mass is 420 g/mol. The summed E-state index contributed by atoms with van der Waals surface area (Å²) in [5.41, 5.74) is 0.539. The highest BCUT2D eigenvalue weighted by Gasteiger charge is 2.49. The van der Waals surface area contributed by atoms with Gasteiger partial charge < -0.3 is 18.9 Å². The zero-order chi connectivity index (χ0) is 20.9. The molecule has 0 saturated heterocycles. The number of methoxy groups -OCH3 is 2. The van der Waals surface area contributed by atoms with Crippen molar-refractivity contribution in [3.8, 4) is 0 Å². The van der Waals surface area contributed by atoms with Crippen LogP contribution >= 0.6 is 11.6 Å². The minimum absolute atomic E-state index is 0.214. The van der Waals surface area contributed by atoms with Crippen LogP contribution in [0.4, 0.5) is 0 Å². The van der Waals surface area contributed by atoms with E-state index in [1.165, 1.54) is 19.7 Å². The molecule has 7 nitrogen and oxygen atoms in total. The van der Waals surface area contributed by atoms with E-state index in [9.17, 15) is 9.59 Å². The van der Waals surface area contributed by atoms with Gasteiger partial charge in [0.1, 0.15) is 0 Å². The van der Waals surface area contributed by atoms with E-state index in [1.807, 2.05) is 18.2 Å². The number of aromatic nitrogens is 1. The van der Waals surface area contributed by atoms with Crippen LogP contribution in [0.1, 0.15) is 38.5 Å². The Balaban J connectivity index is 1.46. The lowest BCUT2D eigenvalue weighted by atomic mass is 9.92. The van der Waals surface area contributed by atoms with Gasteiger partial charge in [-0.05, 0) is 43.5 Å². The van der Waals surface area contributed by atoms with E-state index >= 15 is 0 Å². The van der Waals surface area contributed by atoms with Crippen molar-refractivity contribution < 1.29 is 23.9 Å². The predicted molar refractivity (Wildman–Crippen MR) is 110 cm³/mol. The van der Waals surface area contributed by atoms with Crippen LogP contribution in [-0.2, 0) is 30.4 Å². The standard InChI is InChI=1S/C21H25ClN2O5/c1-27-19(25)14-21(20(26)28-2)13-17(23-29-21)6-4-3-5-10-24-11-9-15-12-16(22)7-8-18(15)24/h7-9,11-12H,3-6,10,13-14H2,1-2H3. The topological polar surface area (TPSA) is 79.1 Å². The second-order valence-electron chi connectivity index (χ2n) is 7.19. The van der Waals surface area contributed by atoms with Crippen LogP contribution in [0.5, 0.6) is 0 Å². The van der Waals surface area contributed by atoms with E-state index in [1.54, 1.807) is 0 Å². The molecule has 156 valence electrons. The van der Waals surface area contributed by atoms with E-state index in [0.29, 0.717) is 6.42 Å². The second kappa shape index (κ2) is 9.31. The number of benzene rings is 1. The van der Waals surface area contributed by atoms with Crippen LogP contribution < -0.4 is 0 Å². The zero-order valence-electron chi connectivity index (χ0n) is 16.7. The highest BCUT2D eigenvalue weighted by atomic mass is 35.5. The molecule has 1 aromatic heterocycles. The first-order valence-electron chi connectivity index (χ1n) is 9.61. The molecule has 2 aromatic rings. The van der Waals surface area contributed by atoms with Crippen LogP contribution in [0, 0.1) is 0 Å². The fraction of sp³-hybridized carbons (Fsp3) is 0.476. The SMILES string of the molecule is COC(=O)CC1(C(=O)OC)CC(CCCCCn2ccc3cc(Cl)ccc32)=NO1. The first kappa shape index (κ1) is 21.2. The molecule has 1 atom stereocenters. The Morgan fingerprint density at radius 2 is 2.03 bits per heavy atom. The number of halogens is 1. The van der Waals surface area contributed by atoms with Crippen molar-refractivity contribution in [2.75, 3.05) is 14.2 Å². The van der Waals surface area contributed by atoms with Gasteiger partial charge in [-0.2, -0.15) is 0 Å². The summed E-state index contributed by atoms with van der Waals surface area (Å²) in [6.45, 7) is 0.919. The number of fused-ring (bicyclic) bond motifs is 1. The first-order chi connectivity index (χ1) is 14.0. The number of ether oxygens (including phenoxy) is 2. The van der Waals surface area contributed by atoms with Crippen LogP contribution in [-0.4, -0.2) is 42.0 Å². The lowest BCUT2D eigenvalue weighted by Crippen LogP contribution is -2.42. The van der Waals surface area contributed by atoms with Gasteiger partial charge >= 0.3 is 11.9 Å². The van der Waals surface area contributed by atoms with Gasteiger partial charge in [0, 0.05) is 35.1 Å². The molecule has 0 aliphatic carbocycles. The van der Waals surface area contributed by atoms with Gasteiger partial charge in [-0.3, -0.25) is 4.79 Å². The van der Waals surface area contributed by atoms with E-state index < -0.39 is 17.5 Å². The van der Waals surface area contributed by atoms with Gasteiger partial charge in [-0.1, -0.05) is 23.2 Å². The molecular formula is C21H25ClN2O5. The average Bonchev–Trinajstić information content (AvgIpc) is 3.31. The van der Waals surface area contributed by atoms with Crippen LogP contribution in [0.15, 0.2) is 35.6 Å². The Morgan fingerprint density at radius 3 is 2.79 bits per heavy atom. The first-order valence-corrected chi connectivity index (χ1v) is 9.99. The average molecular weight is 421 g/mol. The Bertz CT molecular complexity index is 923. The number of carbonyl (C=O) groups is 2. The fourth-order valence-corrected chi connectivity index (χ4v) is 3.78. The number of aryl methyl sites for hydroxylation is 1. The highest BCUT2D eigenvalue weighted by Crippen LogP contribution is 2.31. The molecule has 0 saturated carbocycles. The highest BCUT2D eigenvalue weighted by molar-refractivity contribution is 6.31. The van der Waals surface area contributed by atoms with Gasteiger partial charge in [0.15, 0.2) is 0 Å². The predicted octanol–water partition coefficient (Wildman–Crippen LogP) is 4.11. The summed E-state index contributed by atoms with van der Waals surface area (Å²) in [6, 6.07) is 7.98. The number of oxime groups is 1. The summed E-state index contributed by atoms with van der Waals surface area (Å²) in [7, 11) is 2.54. The van der Waals surface area contributed by atoms with E-state index in [0.717, 1.165) is 41.9 Å². The molecule has 2 heterocycles. The molecule has 0 fully saturated rings. The minimum Gasteiger partial charge on any atom is -0.469 e. The molecule has 0 N–H and O–H groups in total. The number of esters is 2. The largest absolute Gasteiger partial charge is 0.469 e. The Morgan fingerprint density at radius 1 is 1.21 bits per heavy atom. The molecular weight excluding hydrogens is 396 g/mol. The van der Waals surface area contributed by atoms with E-state index in [4.69, 9.17) is 21.2 Å². The Labute approximate surface area is 174 Å². The molecule has 1 unspecified atom stereocenters. The van der Waals surface area contributed by atoms with Crippen LogP contribution in [0.3, 0.4) is 0 Å². The van der Waals surface area contributed by atoms with E-state index in [-0.39, 0.29) is 12.8 Å². The Kier molecular flexibility index (Phi) is 6.79. The third-order valence-electron chi connectivity index (χ3n) is 5.15. The van der Waals surface area contributed by atoms with Crippen molar-refractivity contribution >= 4 is 40.2 Å². The third kappa shape index (κ3) is 4.90. The summed E-state index contributed by atoms with van der Waals surface area (Å²) in [6.07, 6.45) is 5.77. The number of carbonyl (C=O) groups excluding carboxylic acids is 2. The van der Waals surface area contributed by atoms with Crippen molar-refractivity contribution in [2.24, 2.45) is 5.16 Å². The van der Waals surface area contributed by atoms with E-state index in [2.05, 4.69) is 26.7 Å². The van der Waals surface area contributed by atoms with Gasteiger partial charge in [-0.15, -0.1) is 0 Å². The summed E-state index contributed by atoms with van der Waals surface area (Å²) >= 11 is 6.04. The maximum atomic E-state index is 12.1. The lowest BCUT2D eigenvalue weighted by molar-refractivity contribution is -0.173. The number of rotatable bonds is 9. The quantitative estimate of drug-likeness (QED) is 0.450. The summed E-state index contributed by atoms with van der Waals surface area (Å²) < 4.78 is 11.7. The third-order valence-corrected chi connectivity index (χ3v) is 5.39. The smallest absolute Gasteiger partial charge is 0.354 e. The normalized spacial score (nSPS) is 18.4. The van der Waals surface area contributed by atoms with Crippen molar-refractivity contribution in [1.82, 2.24) is 4.57 Å². The van der Waals surface area contributed by atoms with Crippen molar-refractivity contribution in [2.45, 2.75) is 50.7 Å². The molecule has 1 aliphatic heterocycles. The molecule has 8 heteroatoms. The van der Waals surface area contributed by atoms with Crippen LogP contribution in [0.25, 0.3) is 10.9 Å². The number of unbranched alkanes of at least 4 members (excludes halogenated alkanes) is 2. The van der Waals surface area contributed by atoms with Crippen molar-refractivity contribution in [3.05, 3.63) is 35.5 Å². The number of hydrogen-bond donors (Lipinski definition) is 0. The van der Waals surface area contributed by atoms with Gasteiger partial charge in [-0.25, -0.2) is 4.79 Å². The molecule has 0 amide bonds. The maximum Gasteiger partial charge on any atom is 0.354 e. The molecule has 29 heavy (non-hydrogen) atoms. The minimum atomic E-state index is -1.40. The fourth-order valence-electron chi connectivity index (χ4n) is 3.60. The van der Waals surface area contributed by atoms with Gasteiger partial charge in [0.2, 0.25) is 5.60 Å². The summed E-state index contributed by atoms with van der Waals surface area (Å²) in [4.78, 5) is 29.1. The maximum absolute atomic E-state index is 12.1. The second-order valence-corrected chi connectivity index (χ2v) is 7.62. The van der Waals surface area contributed by atoms with Gasteiger partial charge in [0.05, 0.1) is 26.4 Å². The lowest BCUT2D eigenvalue weighted by Gasteiger charge is -2.22. The van der Waals surface area contributed by atoms with Crippen molar-refractivity contribution in [1.29, 1.82) is 0 Å². The molecule has 1 aliphatic rings. The van der Waals surface area contributed by atoms with Gasteiger partial charge in [0.25, 0.3) is 0 Å². The molecule has 0 radical (unpaired) electrons. The number of nitrogens with zero attached hydrogens (tertiary/aromatic N) is 2. The summed E-state index contributed by atoms with van der Waals surface area (Å²) in [5, 5.41) is 5.91. The van der Waals surface area contributed by atoms with Crippen LogP contribution in [0.2, 0.25) is 5.02 Å².